The molecule has 0 saturated heterocycles. The van der Waals surface area contributed by atoms with Crippen molar-refractivity contribution in [3.63, 3.8) is 0 Å². The summed E-state index contributed by atoms with van der Waals surface area (Å²) in [5, 5.41) is 7.07. The lowest BCUT2D eigenvalue weighted by atomic mass is 10.2. The molecular formula is C19H22IN3O4. The Morgan fingerprint density at radius 3 is 2.33 bits per heavy atom. The minimum Gasteiger partial charge on any atom is -0.493 e. The predicted octanol–water partition coefficient (Wildman–Crippen LogP) is 3.19. The molecule has 0 spiro atoms. The summed E-state index contributed by atoms with van der Waals surface area (Å²) in [5.41, 5.74) is 5.18. The van der Waals surface area contributed by atoms with Gasteiger partial charge in [0.15, 0.2) is 11.5 Å². The molecule has 0 unspecified atom stereocenters. The SMILES string of the molecule is COc1cc(/C=N/NC(=O)CNc2ccc(I)cc2C)cc(OC)c1OC. The molecule has 0 fully saturated rings. The lowest BCUT2D eigenvalue weighted by molar-refractivity contribution is -0.119. The summed E-state index contributed by atoms with van der Waals surface area (Å²) < 4.78 is 17.0. The number of nitrogens with zero attached hydrogens (tertiary/aromatic N) is 1. The van der Waals surface area contributed by atoms with Gasteiger partial charge in [0, 0.05) is 14.8 Å². The number of methoxy groups -OCH3 is 3. The Hall–Kier alpha value is -2.49. The third kappa shape index (κ3) is 5.75. The van der Waals surface area contributed by atoms with Gasteiger partial charge in [-0.3, -0.25) is 4.79 Å². The lowest BCUT2D eigenvalue weighted by Gasteiger charge is -2.12. The molecule has 7 nitrogen and oxygen atoms in total. The molecule has 0 heterocycles. The van der Waals surface area contributed by atoms with E-state index in [0.29, 0.717) is 22.8 Å². The zero-order chi connectivity index (χ0) is 19.8. The van der Waals surface area contributed by atoms with E-state index in [1.54, 1.807) is 12.1 Å². The van der Waals surface area contributed by atoms with Crippen molar-refractivity contribution in [2.24, 2.45) is 5.10 Å². The van der Waals surface area contributed by atoms with Crippen LogP contribution in [0.1, 0.15) is 11.1 Å². The molecular weight excluding hydrogens is 461 g/mol. The lowest BCUT2D eigenvalue weighted by Crippen LogP contribution is -2.26. The molecule has 0 aliphatic carbocycles. The standard InChI is InChI=1S/C19H22IN3O4/c1-12-7-14(20)5-6-15(12)21-11-18(24)23-22-10-13-8-16(25-2)19(27-4)17(9-13)26-3/h5-10,21H,11H2,1-4H3,(H,23,24)/b22-10+. The van der Waals surface area contributed by atoms with E-state index >= 15 is 0 Å². The summed E-state index contributed by atoms with van der Waals surface area (Å²) in [5.74, 6) is 1.27. The number of hydrogen-bond acceptors (Lipinski definition) is 6. The van der Waals surface area contributed by atoms with Crippen LogP contribution < -0.4 is 25.0 Å². The summed E-state index contributed by atoms with van der Waals surface area (Å²) in [6.45, 7) is 2.11. The van der Waals surface area contributed by atoms with Crippen molar-refractivity contribution in [3.8, 4) is 17.2 Å². The van der Waals surface area contributed by atoms with Crippen LogP contribution in [0.15, 0.2) is 35.4 Å². The molecule has 0 aliphatic heterocycles. The second-order valence-electron chi connectivity index (χ2n) is 5.56. The Labute approximate surface area is 172 Å². The van der Waals surface area contributed by atoms with Crippen LogP contribution >= 0.6 is 22.6 Å². The van der Waals surface area contributed by atoms with Gasteiger partial charge in [0.25, 0.3) is 5.91 Å². The second kappa shape index (κ2) is 10.0. The van der Waals surface area contributed by atoms with Gasteiger partial charge < -0.3 is 19.5 Å². The summed E-state index contributed by atoms with van der Waals surface area (Å²) in [4.78, 5) is 12.0. The number of nitrogens with one attached hydrogen (secondary N) is 2. The van der Waals surface area contributed by atoms with Crippen molar-refractivity contribution < 1.29 is 19.0 Å². The topological polar surface area (TPSA) is 81.2 Å². The Kier molecular flexibility index (Phi) is 7.71. The molecule has 0 radical (unpaired) electrons. The Morgan fingerprint density at radius 1 is 1.11 bits per heavy atom. The van der Waals surface area contributed by atoms with Crippen molar-refractivity contribution in [2.75, 3.05) is 33.2 Å². The first-order valence-corrected chi connectivity index (χ1v) is 9.18. The summed E-state index contributed by atoms with van der Waals surface area (Å²) in [6, 6.07) is 9.46. The molecule has 27 heavy (non-hydrogen) atoms. The van der Waals surface area contributed by atoms with Crippen LogP contribution in [0.2, 0.25) is 0 Å². The van der Waals surface area contributed by atoms with Crippen molar-refractivity contribution >= 4 is 40.4 Å². The van der Waals surface area contributed by atoms with Gasteiger partial charge in [0.2, 0.25) is 5.75 Å². The zero-order valence-electron chi connectivity index (χ0n) is 15.6. The average molecular weight is 483 g/mol. The van der Waals surface area contributed by atoms with Gasteiger partial charge in [0.05, 0.1) is 34.1 Å². The second-order valence-corrected chi connectivity index (χ2v) is 6.81. The molecule has 8 heteroatoms. The third-order valence-corrected chi connectivity index (χ3v) is 4.39. The smallest absolute Gasteiger partial charge is 0.259 e. The number of hydrogen-bond donors (Lipinski definition) is 2. The average Bonchev–Trinajstić information content (AvgIpc) is 2.66. The largest absolute Gasteiger partial charge is 0.493 e. The Morgan fingerprint density at radius 2 is 1.78 bits per heavy atom. The normalized spacial score (nSPS) is 10.6. The van der Waals surface area contributed by atoms with Crippen molar-refractivity contribution in [3.05, 3.63) is 45.0 Å². The van der Waals surface area contributed by atoms with Crippen LogP contribution in [0.3, 0.4) is 0 Å². The molecule has 1 amide bonds. The number of benzene rings is 2. The Balaban J connectivity index is 1.97. The molecule has 2 aromatic rings. The van der Waals surface area contributed by atoms with E-state index in [9.17, 15) is 4.79 Å². The Bertz CT molecular complexity index is 815. The molecule has 2 N–H and O–H groups in total. The van der Waals surface area contributed by atoms with Crippen molar-refractivity contribution in [1.29, 1.82) is 0 Å². The minimum atomic E-state index is -0.253. The number of carbonyl (C=O) groups is 1. The van der Waals surface area contributed by atoms with E-state index in [4.69, 9.17) is 14.2 Å². The van der Waals surface area contributed by atoms with E-state index in [-0.39, 0.29) is 12.5 Å². The number of ether oxygens (including phenoxy) is 3. The molecule has 0 aromatic heterocycles. The monoisotopic (exact) mass is 483 g/mol. The summed E-state index contributed by atoms with van der Waals surface area (Å²) in [6.07, 6.45) is 1.51. The van der Waals surface area contributed by atoms with Crippen LogP contribution in [0.25, 0.3) is 0 Å². The van der Waals surface area contributed by atoms with Gasteiger partial charge in [-0.15, -0.1) is 0 Å². The van der Waals surface area contributed by atoms with Crippen LogP contribution in [0.5, 0.6) is 17.2 Å². The fraction of sp³-hybridized carbons (Fsp3) is 0.263. The van der Waals surface area contributed by atoms with Gasteiger partial charge >= 0.3 is 0 Å². The van der Waals surface area contributed by atoms with Crippen LogP contribution in [-0.4, -0.2) is 40.0 Å². The first kappa shape index (κ1) is 20.8. The fourth-order valence-corrected chi connectivity index (χ4v) is 3.04. The quantitative estimate of drug-likeness (QED) is 0.343. The molecule has 0 atom stereocenters. The first-order chi connectivity index (χ1) is 13.0. The van der Waals surface area contributed by atoms with Gasteiger partial charge in [-0.2, -0.15) is 5.10 Å². The van der Waals surface area contributed by atoms with Gasteiger partial charge in [-0.25, -0.2) is 5.43 Å². The van der Waals surface area contributed by atoms with E-state index in [1.807, 2.05) is 25.1 Å². The third-order valence-electron chi connectivity index (χ3n) is 3.72. The summed E-state index contributed by atoms with van der Waals surface area (Å²) in [7, 11) is 4.62. The number of amides is 1. The number of rotatable bonds is 8. The highest BCUT2D eigenvalue weighted by Gasteiger charge is 2.12. The van der Waals surface area contributed by atoms with E-state index in [0.717, 1.165) is 14.8 Å². The fourth-order valence-electron chi connectivity index (χ4n) is 2.40. The first-order valence-electron chi connectivity index (χ1n) is 8.10. The number of halogens is 1. The van der Waals surface area contributed by atoms with Crippen LogP contribution in [0.4, 0.5) is 5.69 Å². The maximum atomic E-state index is 12.0. The molecule has 0 saturated carbocycles. The highest BCUT2D eigenvalue weighted by Crippen LogP contribution is 2.37. The van der Waals surface area contributed by atoms with Gasteiger partial charge in [-0.05, 0) is 65.4 Å². The molecule has 0 bridgehead atoms. The summed E-state index contributed by atoms with van der Waals surface area (Å²) >= 11 is 2.25. The zero-order valence-corrected chi connectivity index (χ0v) is 17.8. The number of anilines is 1. The molecule has 144 valence electrons. The van der Waals surface area contributed by atoms with E-state index in [1.165, 1.54) is 27.5 Å². The van der Waals surface area contributed by atoms with Crippen LogP contribution in [0, 0.1) is 10.5 Å². The van der Waals surface area contributed by atoms with E-state index < -0.39 is 0 Å². The van der Waals surface area contributed by atoms with Crippen molar-refractivity contribution in [2.45, 2.75) is 6.92 Å². The molecule has 2 rings (SSSR count). The number of carbonyl (C=O) groups excluding carboxylic acids is 1. The van der Waals surface area contributed by atoms with Crippen LogP contribution in [-0.2, 0) is 4.79 Å². The maximum absolute atomic E-state index is 12.0. The molecule has 2 aromatic carbocycles. The highest BCUT2D eigenvalue weighted by atomic mass is 127. The highest BCUT2D eigenvalue weighted by molar-refractivity contribution is 14.1. The minimum absolute atomic E-state index is 0.119. The number of aryl methyl sites for hydroxylation is 1. The molecule has 0 aliphatic rings. The van der Waals surface area contributed by atoms with Gasteiger partial charge in [0.1, 0.15) is 0 Å². The van der Waals surface area contributed by atoms with Crippen molar-refractivity contribution in [1.82, 2.24) is 5.43 Å². The predicted molar refractivity (Wildman–Crippen MR) is 114 cm³/mol. The van der Waals surface area contributed by atoms with Gasteiger partial charge in [-0.1, -0.05) is 0 Å². The number of hydrazone groups is 1. The maximum Gasteiger partial charge on any atom is 0.259 e. The van der Waals surface area contributed by atoms with E-state index in [2.05, 4.69) is 38.4 Å².